The lowest BCUT2D eigenvalue weighted by molar-refractivity contribution is -0.135. The molecule has 376 valence electrons. The lowest BCUT2D eigenvalue weighted by Gasteiger charge is -2.27. The first-order chi connectivity index (χ1) is 35.5. The molecule has 7 aromatic rings. The van der Waals surface area contributed by atoms with Crippen LogP contribution in [0.5, 0.6) is 5.75 Å². The third-order valence-electron chi connectivity index (χ3n) is 11.9. The van der Waals surface area contributed by atoms with Gasteiger partial charge in [0.05, 0.1) is 13.2 Å². The molecule has 73 heavy (non-hydrogen) atoms. The van der Waals surface area contributed by atoms with Gasteiger partial charge < -0.3 is 51.5 Å². The molecule has 0 aliphatic heterocycles. The number of H-pyrrole nitrogens is 1. The van der Waals surface area contributed by atoms with Crippen molar-refractivity contribution in [1.29, 1.82) is 0 Å². The fourth-order valence-corrected chi connectivity index (χ4v) is 7.86. The Labute approximate surface area is 423 Å². The zero-order chi connectivity index (χ0) is 51.4. The van der Waals surface area contributed by atoms with Gasteiger partial charge in [0, 0.05) is 36.4 Å². The summed E-state index contributed by atoms with van der Waals surface area (Å²) in [5, 5.41) is 14.5. The number of hydrogen-bond donors (Lipinski definition) is 7. The maximum absolute atomic E-state index is 14.8. The predicted octanol–water partition coefficient (Wildman–Crippen LogP) is 5.73. The van der Waals surface area contributed by atoms with E-state index in [0.717, 1.165) is 33.2 Å². The van der Waals surface area contributed by atoms with Crippen molar-refractivity contribution in [2.75, 3.05) is 6.61 Å². The summed E-state index contributed by atoms with van der Waals surface area (Å²) in [5.74, 6) is -3.17. The van der Waals surface area contributed by atoms with Gasteiger partial charge in [0.25, 0.3) is 0 Å². The van der Waals surface area contributed by atoms with Crippen LogP contribution in [0.2, 0.25) is 0 Å². The van der Waals surface area contributed by atoms with Gasteiger partial charge in [0.15, 0.2) is 0 Å². The van der Waals surface area contributed by atoms with Gasteiger partial charge in [0.2, 0.25) is 29.5 Å². The second-order valence-corrected chi connectivity index (χ2v) is 17.5. The minimum atomic E-state index is -1.43. The van der Waals surface area contributed by atoms with Crippen molar-refractivity contribution in [3.63, 3.8) is 0 Å². The number of rotatable bonds is 25. The van der Waals surface area contributed by atoms with Crippen LogP contribution >= 0.6 is 0 Å². The van der Waals surface area contributed by atoms with Gasteiger partial charge >= 0.3 is 6.09 Å². The standard InChI is InChI=1S/C57H59N7O9/c1-38(52(58)65)60-53(66)50(32-44-33-59-47-25-15-14-24-46(44)47)62-56(69)51(37-71-34-41-18-8-3-9-19-41)63-54(67)48(31-40-26-28-45(29-27-40)72-35-42-20-10-4-11-21-42)61-55(68)49(30-39-16-6-2-7-17-39)64-57(70)73-36-43-22-12-5-13-23-43/h2-29,33,38,48-51,59H,30-32,34-37H2,1H3,(H2,58,65)(H,60,66)(H,61,68)(H,62,69)(H,63,67)(H,64,70)/t38-,48+,49+,50+,51+/m1/s1. The van der Waals surface area contributed by atoms with Crippen molar-refractivity contribution in [2.24, 2.45) is 5.73 Å². The van der Waals surface area contributed by atoms with Gasteiger partial charge in [-0.1, -0.05) is 152 Å². The number of fused-ring (bicyclic) bond motifs is 1. The number of para-hydroxylation sites is 1. The molecule has 7 rings (SSSR count). The van der Waals surface area contributed by atoms with E-state index >= 15 is 0 Å². The summed E-state index contributed by atoms with van der Waals surface area (Å²) in [6.45, 7) is 1.42. The second-order valence-electron chi connectivity index (χ2n) is 17.5. The van der Waals surface area contributed by atoms with E-state index in [1.165, 1.54) is 6.92 Å². The van der Waals surface area contributed by atoms with Crippen LogP contribution < -0.4 is 37.1 Å². The number of hydrogen-bond acceptors (Lipinski definition) is 9. The molecule has 0 aliphatic rings. The third kappa shape index (κ3) is 16.1. The fraction of sp³-hybridized carbons (Fsp3) is 0.228. The van der Waals surface area contributed by atoms with E-state index in [4.69, 9.17) is 19.9 Å². The summed E-state index contributed by atoms with van der Waals surface area (Å²) in [4.78, 5) is 86.4. The molecule has 0 unspecified atom stereocenters. The van der Waals surface area contributed by atoms with E-state index in [2.05, 4.69) is 31.6 Å². The highest BCUT2D eigenvalue weighted by molar-refractivity contribution is 5.97. The van der Waals surface area contributed by atoms with E-state index < -0.39 is 65.8 Å². The Kier molecular flexibility index (Phi) is 18.9. The monoisotopic (exact) mass is 985 g/mol. The molecule has 1 heterocycles. The lowest BCUT2D eigenvalue weighted by Crippen LogP contribution is -2.60. The summed E-state index contributed by atoms with van der Waals surface area (Å²) >= 11 is 0. The summed E-state index contributed by atoms with van der Waals surface area (Å²) in [5.41, 5.74) is 10.9. The van der Waals surface area contributed by atoms with E-state index in [9.17, 15) is 28.8 Å². The Balaban J connectivity index is 1.16. The highest BCUT2D eigenvalue weighted by atomic mass is 16.5. The first-order valence-corrected chi connectivity index (χ1v) is 23.9. The molecule has 6 amide bonds. The Bertz CT molecular complexity index is 2900. The maximum Gasteiger partial charge on any atom is 0.408 e. The number of aromatic nitrogens is 1. The molecule has 8 N–H and O–H groups in total. The summed E-state index contributed by atoms with van der Waals surface area (Å²) < 4.78 is 17.6. The van der Waals surface area contributed by atoms with Crippen LogP contribution in [-0.4, -0.2) is 77.4 Å². The van der Waals surface area contributed by atoms with Crippen molar-refractivity contribution in [1.82, 2.24) is 31.6 Å². The van der Waals surface area contributed by atoms with Crippen molar-refractivity contribution >= 4 is 46.5 Å². The van der Waals surface area contributed by atoms with E-state index in [1.807, 2.05) is 121 Å². The van der Waals surface area contributed by atoms with Crippen molar-refractivity contribution < 1.29 is 43.0 Å². The fourth-order valence-electron chi connectivity index (χ4n) is 7.86. The van der Waals surface area contributed by atoms with Crippen LogP contribution in [0.4, 0.5) is 4.79 Å². The van der Waals surface area contributed by atoms with Crippen LogP contribution in [0.3, 0.4) is 0 Å². The van der Waals surface area contributed by atoms with Gasteiger partial charge in [-0.15, -0.1) is 0 Å². The molecule has 0 aliphatic carbocycles. The number of primary amides is 1. The van der Waals surface area contributed by atoms with E-state index in [-0.39, 0.29) is 39.1 Å². The molecule has 16 nitrogen and oxygen atoms in total. The molecule has 1 aromatic heterocycles. The molecule has 0 fully saturated rings. The number of benzene rings is 6. The Morgan fingerprint density at radius 1 is 0.479 bits per heavy atom. The van der Waals surface area contributed by atoms with E-state index in [0.29, 0.717) is 23.5 Å². The molecule has 5 atom stereocenters. The average Bonchev–Trinajstić information content (AvgIpc) is 3.82. The van der Waals surface area contributed by atoms with Gasteiger partial charge in [-0.05, 0) is 58.5 Å². The number of carbonyl (C=O) groups is 6. The number of carbonyl (C=O) groups excluding carboxylic acids is 6. The average molecular weight is 986 g/mol. The van der Waals surface area contributed by atoms with Gasteiger partial charge in [-0.25, -0.2) is 4.79 Å². The number of ether oxygens (including phenoxy) is 3. The van der Waals surface area contributed by atoms with Crippen LogP contribution in [0.15, 0.2) is 176 Å². The second kappa shape index (κ2) is 26.4. The predicted molar refractivity (Wildman–Crippen MR) is 275 cm³/mol. The first-order valence-electron chi connectivity index (χ1n) is 23.9. The third-order valence-corrected chi connectivity index (χ3v) is 11.9. The SMILES string of the molecule is C[C@@H](NC(=O)[C@H](Cc1c[nH]c2ccccc12)NC(=O)[C@H](COCc1ccccc1)NC(=O)[C@H](Cc1ccc(OCc2ccccc2)cc1)NC(=O)[C@H](Cc1ccccc1)NC(=O)OCc1ccccc1)C(N)=O. The van der Waals surface area contributed by atoms with Crippen molar-refractivity contribution in [2.45, 2.75) is 76.2 Å². The zero-order valence-corrected chi connectivity index (χ0v) is 40.3. The normalized spacial score (nSPS) is 13.0. The molecule has 0 radical (unpaired) electrons. The van der Waals surface area contributed by atoms with Crippen molar-refractivity contribution in [3.8, 4) is 5.75 Å². The smallest absolute Gasteiger partial charge is 0.408 e. The number of amides is 6. The highest BCUT2D eigenvalue weighted by Gasteiger charge is 2.33. The van der Waals surface area contributed by atoms with Gasteiger partial charge in [-0.3, -0.25) is 24.0 Å². The maximum atomic E-state index is 14.8. The van der Waals surface area contributed by atoms with Crippen molar-refractivity contribution in [3.05, 3.63) is 209 Å². The van der Waals surface area contributed by atoms with Gasteiger partial charge in [-0.2, -0.15) is 0 Å². The topological polar surface area (TPSA) is 232 Å². The van der Waals surface area contributed by atoms with Gasteiger partial charge in [0.1, 0.15) is 49.2 Å². The number of nitrogens with one attached hydrogen (secondary N) is 6. The molecule has 6 aromatic carbocycles. The molecule has 0 saturated carbocycles. The molecule has 0 spiro atoms. The number of nitrogens with two attached hydrogens (primary N) is 1. The molecule has 0 bridgehead atoms. The molecular formula is C57H59N7O9. The molecular weight excluding hydrogens is 927 g/mol. The summed E-state index contributed by atoms with van der Waals surface area (Å²) in [7, 11) is 0. The highest BCUT2D eigenvalue weighted by Crippen LogP contribution is 2.20. The van der Waals surface area contributed by atoms with Crippen LogP contribution in [0, 0.1) is 0 Å². The van der Waals surface area contributed by atoms with Crippen LogP contribution in [0.25, 0.3) is 10.9 Å². The van der Waals surface area contributed by atoms with Crippen LogP contribution in [0.1, 0.15) is 40.3 Å². The van der Waals surface area contributed by atoms with E-state index in [1.54, 1.807) is 54.7 Å². The van der Waals surface area contributed by atoms with Crippen LogP contribution in [-0.2, 0) is 72.5 Å². The quantitative estimate of drug-likeness (QED) is 0.0370. The first kappa shape index (κ1) is 52.1. The summed E-state index contributed by atoms with van der Waals surface area (Å²) in [6.07, 6.45) is 0.849. The Hall–Kier alpha value is -8.76. The Morgan fingerprint density at radius 3 is 1.52 bits per heavy atom. The lowest BCUT2D eigenvalue weighted by atomic mass is 10.0. The number of aromatic amines is 1. The summed E-state index contributed by atoms with van der Waals surface area (Å²) in [6, 6.07) is 45.2. The minimum Gasteiger partial charge on any atom is -0.489 e. The zero-order valence-electron chi connectivity index (χ0n) is 40.3. The number of alkyl carbamates (subject to hydrolysis) is 1. The molecule has 16 heteroatoms. The Morgan fingerprint density at radius 2 is 0.932 bits per heavy atom. The minimum absolute atomic E-state index is 0.00800. The largest absolute Gasteiger partial charge is 0.489 e. The molecule has 0 saturated heterocycles.